The van der Waals surface area contributed by atoms with Crippen molar-refractivity contribution in [3.63, 3.8) is 0 Å². The molecule has 28 heavy (non-hydrogen) atoms. The van der Waals surface area contributed by atoms with Crippen molar-refractivity contribution in [2.75, 3.05) is 0 Å². The minimum absolute atomic E-state index is 0.00823. The van der Waals surface area contributed by atoms with E-state index in [-0.39, 0.29) is 12.2 Å². The number of imidazole rings is 1. The van der Waals surface area contributed by atoms with Gasteiger partial charge in [0.2, 0.25) is 0 Å². The number of ether oxygens (including phenoxy) is 1. The van der Waals surface area contributed by atoms with Gasteiger partial charge in [-0.25, -0.2) is 14.6 Å². The summed E-state index contributed by atoms with van der Waals surface area (Å²) in [5.41, 5.74) is 0.408. The van der Waals surface area contributed by atoms with Crippen LogP contribution in [-0.4, -0.2) is 24.7 Å². The lowest BCUT2D eigenvalue weighted by molar-refractivity contribution is -0.139. The normalized spacial score (nSPS) is 11.1. The van der Waals surface area contributed by atoms with Gasteiger partial charge < -0.3 is 13.9 Å². The maximum atomic E-state index is 12.1. The van der Waals surface area contributed by atoms with Crippen molar-refractivity contribution in [1.82, 2.24) is 18.7 Å². The van der Waals surface area contributed by atoms with Crippen molar-refractivity contribution in [3.05, 3.63) is 92.8 Å². The maximum absolute atomic E-state index is 12.1. The number of aromatic nitrogens is 4. The first-order valence-electron chi connectivity index (χ1n) is 8.61. The van der Waals surface area contributed by atoms with Crippen LogP contribution in [0.1, 0.15) is 17.0 Å². The molecule has 0 spiro atoms. The molecule has 2 heterocycles. The van der Waals surface area contributed by atoms with Gasteiger partial charge in [0.05, 0.1) is 5.56 Å². The van der Waals surface area contributed by atoms with Crippen molar-refractivity contribution in [2.24, 2.45) is 14.1 Å². The molecule has 0 N–H and O–H groups in total. The Kier molecular flexibility index (Phi) is 5.69. The average Bonchev–Trinajstić information content (AvgIpc) is 3.14. The Morgan fingerprint density at radius 2 is 1.93 bits per heavy atom. The van der Waals surface area contributed by atoms with E-state index in [1.54, 1.807) is 6.20 Å². The first-order valence-corrected chi connectivity index (χ1v) is 8.61. The second-order valence-corrected chi connectivity index (χ2v) is 6.24. The molecule has 3 aromatic rings. The van der Waals surface area contributed by atoms with Crippen LogP contribution in [0.15, 0.2) is 64.6 Å². The van der Waals surface area contributed by atoms with Crippen LogP contribution >= 0.6 is 0 Å². The van der Waals surface area contributed by atoms with Crippen molar-refractivity contribution in [1.29, 1.82) is 0 Å². The minimum atomic E-state index is -0.606. The van der Waals surface area contributed by atoms with E-state index in [1.807, 2.05) is 41.1 Å². The number of hydrogen-bond donors (Lipinski definition) is 0. The Morgan fingerprint density at radius 3 is 2.68 bits per heavy atom. The molecule has 2 aromatic heterocycles. The number of hydrogen-bond acceptors (Lipinski definition) is 5. The molecule has 0 saturated heterocycles. The van der Waals surface area contributed by atoms with Crippen LogP contribution in [0.5, 0.6) is 0 Å². The summed E-state index contributed by atoms with van der Waals surface area (Å²) in [5.74, 6) is 0.00814. The van der Waals surface area contributed by atoms with Gasteiger partial charge in [-0.05, 0) is 11.6 Å². The molecule has 0 radical (unpaired) electrons. The van der Waals surface area contributed by atoms with Gasteiger partial charge in [-0.3, -0.25) is 9.36 Å². The van der Waals surface area contributed by atoms with Crippen LogP contribution in [0.2, 0.25) is 0 Å². The van der Waals surface area contributed by atoms with Gasteiger partial charge in [0.25, 0.3) is 5.56 Å². The van der Waals surface area contributed by atoms with E-state index in [0.717, 1.165) is 16.2 Å². The van der Waals surface area contributed by atoms with E-state index < -0.39 is 17.2 Å². The third-order valence-corrected chi connectivity index (χ3v) is 4.21. The number of nitrogens with zero attached hydrogens (tertiary/aromatic N) is 4. The monoisotopic (exact) mass is 380 g/mol. The number of carbonyl (C=O) groups is 1. The standard InChI is InChI=1S/C20H20N4O4/c1-22-13-16(19(26)23(2)20(22)27)8-9-18(25)28-14-17-21-10-11-24(17)12-15-6-4-3-5-7-15/h3-11,13H,12,14H2,1-2H3. The van der Waals surface area contributed by atoms with Gasteiger partial charge in [-0.15, -0.1) is 0 Å². The molecule has 0 aliphatic carbocycles. The quantitative estimate of drug-likeness (QED) is 0.472. The molecule has 0 atom stereocenters. The van der Waals surface area contributed by atoms with Gasteiger partial charge in [-0.2, -0.15) is 0 Å². The number of carbonyl (C=O) groups excluding carboxylic acids is 1. The van der Waals surface area contributed by atoms with Crippen LogP contribution in [0.25, 0.3) is 6.08 Å². The highest BCUT2D eigenvalue weighted by molar-refractivity contribution is 5.86. The summed E-state index contributed by atoms with van der Waals surface area (Å²) in [6.45, 7) is 0.631. The highest BCUT2D eigenvalue weighted by Crippen LogP contribution is 2.07. The molecule has 1 aromatic carbocycles. The second-order valence-electron chi connectivity index (χ2n) is 6.24. The smallest absolute Gasteiger partial charge is 0.331 e. The minimum Gasteiger partial charge on any atom is -0.454 e. The Hall–Kier alpha value is -3.68. The van der Waals surface area contributed by atoms with Crippen LogP contribution in [0.4, 0.5) is 0 Å². The molecule has 0 amide bonds. The van der Waals surface area contributed by atoms with E-state index in [4.69, 9.17) is 4.74 Å². The maximum Gasteiger partial charge on any atom is 0.331 e. The Morgan fingerprint density at radius 1 is 1.18 bits per heavy atom. The summed E-state index contributed by atoms with van der Waals surface area (Å²) in [7, 11) is 2.91. The summed E-state index contributed by atoms with van der Waals surface area (Å²) in [6, 6.07) is 9.88. The summed E-state index contributed by atoms with van der Waals surface area (Å²) in [5, 5.41) is 0. The largest absolute Gasteiger partial charge is 0.454 e. The van der Waals surface area contributed by atoms with E-state index >= 15 is 0 Å². The molecule has 0 aliphatic heterocycles. The van der Waals surface area contributed by atoms with E-state index in [0.29, 0.717) is 12.4 Å². The van der Waals surface area contributed by atoms with E-state index in [2.05, 4.69) is 4.98 Å². The molecule has 0 bridgehead atoms. The Bertz CT molecular complexity index is 1120. The van der Waals surface area contributed by atoms with Gasteiger partial charge in [0.1, 0.15) is 12.4 Å². The topological polar surface area (TPSA) is 88.1 Å². The highest BCUT2D eigenvalue weighted by Gasteiger charge is 2.08. The van der Waals surface area contributed by atoms with Crippen molar-refractivity contribution >= 4 is 12.0 Å². The average molecular weight is 380 g/mol. The number of benzene rings is 1. The van der Waals surface area contributed by atoms with Crippen molar-refractivity contribution in [3.8, 4) is 0 Å². The predicted octanol–water partition coefficient (Wildman–Crippen LogP) is 1.09. The fourth-order valence-electron chi connectivity index (χ4n) is 2.70. The van der Waals surface area contributed by atoms with Crippen LogP contribution < -0.4 is 11.2 Å². The summed E-state index contributed by atoms with van der Waals surface area (Å²) in [4.78, 5) is 40.0. The van der Waals surface area contributed by atoms with Gasteiger partial charge >= 0.3 is 11.7 Å². The lowest BCUT2D eigenvalue weighted by atomic mass is 10.2. The third-order valence-electron chi connectivity index (χ3n) is 4.21. The summed E-state index contributed by atoms with van der Waals surface area (Å²) in [6.07, 6.45) is 7.34. The molecule has 0 fully saturated rings. The first-order chi connectivity index (χ1) is 13.5. The van der Waals surface area contributed by atoms with Gasteiger partial charge in [0, 0.05) is 45.3 Å². The van der Waals surface area contributed by atoms with Crippen molar-refractivity contribution in [2.45, 2.75) is 13.2 Å². The fourth-order valence-corrected chi connectivity index (χ4v) is 2.70. The molecule has 8 heteroatoms. The molecular formula is C20H20N4O4. The number of aryl methyl sites for hydroxylation is 1. The molecule has 3 rings (SSSR count). The SMILES string of the molecule is Cn1cc(C=CC(=O)OCc2nccn2Cc2ccccc2)c(=O)n(C)c1=O. The third kappa shape index (κ3) is 4.35. The predicted molar refractivity (Wildman–Crippen MR) is 104 cm³/mol. The second kappa shape index (κ2) is 8.34. The highest BCUT2D eigenvalue weighted by atomic mass is 16.5. The van der Waals surface area contributed by atoms with Gasteiger partial charge in [0.15, 0.2) is 0 Å². The zero-order chi connectivity index (χ0) is 20.1. The van der Waals surface area contributed by atoms with Crippen LogP contribution in [-0.2, 0) is 36.8 Å². The molecule has 0 aliphatic rings. The fraction of sp³-hybridized carbons (Fsp3) is 0.200. The summed E-state index contributed by atoms with van der Waals surface area (Å²) < 4.78 is 9.37. The van der Waals surface area contributed by atoms with Crippen LogP contribution in [0.3, 0.4) is 0 Å². The molecular weight excluding hydrogens is 360 g/mol. The lowest BCUT2D eigenvalue weighted by Crippen LogP contribution is -2.37. The zero-order valence-corrected chi connectivity index (χ0v) is 15.6. The molecule has 0 saturated carbocycles. The van der Waals surface area contributed by atoms with Crippen molar-refractivity contribution < 1.29 is 9.53 Å². The van der Waals surface area contributed by atoms with Gasteiger partial charge in [-0.1, -0.05) is 30.3 Å². The Labute approximate surface area is 161 Å². The van der Waals surface area contributed by atoms with Crippen LogP contribution in [0, 0.1) is 0 Å². The molecule has 8 nitrogen and oxygen atoms in total. The summed E-state index contributed by atoms with van der Waals surface area (Å²) >= 11 is 0. The van der Waals surface area contributed by atoms with E-state index in [1.165, 1.54) is 30.9 Å². The first kappa shape index (κ1) is 19.1. The lowest BCUT2D eigenvalue weighted by Gasteiger charge is -2.08. The number of esters is 1. The number of rotatable bonds is 6. The molecule has 0 unspecified atom stereocenters. The Balaban J connectivity index is 1.64. The van der Waals surface area contributed by atoms with E-state index in [9.17, 15) is 14.4 Å². The molecule has 144 valence electrons. The zero-order valence-electron chi connectivity index (χ0n) is 15.6.